The summed E-state index contributed by atoms with van der Waals surface area (Å²) >= 11 is 6.00. The molecule has 2 aromatic carbocycles. The Bertz CT molecular complexity index is 675. The molecule has 0 N–H and O–H groups in total. The van der Waals surface area contributed by atoms with Crippen molar-refractivity contribution in [2.75, 3.05) is 26.9 Å². The Hall–Kier alpha value is -2.04. The number of hydrogen-bond acceptors (Lipinski definition) is 3. The van der Waals surface area contributed by atoms with Crippen LogP contribution in [0.5, 0.6) is 5.75 Å². The van der Waals surface area contributed by atoms with Gasteiger partial charge >= 0.3 is 0 Å². The number of nitrogens with zero attached hydrogens (tertiary/aromatic N) is 1. The molecule has 5 heteroatoms. The summed E-state index contributed by atoms with van der Waals surface area (Å²) in [5.41, 5.74) is 1.52. The van der Waals surface area contributed by atoms with Gasteiger partial charge in [-0.15, -0.1) is 0 Å². The van der Waals surface area contributed by atoms with Crippen LogP contribution in [-0.4, -0.2) is 37.7 Å². The molecule has 0 unspecified atom stereocenters. The second-order valence-electron chi connectivity index (χ2n) is 5.33. The van der Waals surface area contributed by atoms with E-state index in [1.165, 1.54) is 0 Å². The second kappa shape index (κ2) is 9.30. The first-order chi connectivity index (χ1) is 11.6. The third-order valence-corrected chi connectivity index (χ3v) is 3.70. The number of carbonyl (C=O) groups excluding carboxylic acids is 1. The van der Waals surface area contributed by atoms with Gasteiger partial charge in [0.1, 0.15) is 12.4 Å². The van der Waals surface area contributed by atoms with E-state index in [1.54, 1.807) is 24.1 Å². The number of benzene rings is 2. The number of para-hydroxylation sites is 1. The second-order valence-corrected chi connectivity index (χ2v) is 5.77. The predicted octanol–water partition coefficient (Wildman–Crippen LogP) is 4.03. The molecule has 0 aromatic heterocycles. The standard InChI is InChI=1S/C19H22ClNO3/c1-3-23-11-12-24-18-10-5-4-9-17(18)19(22)21(2)14-15-7-6-8-16(20)13-15/h4-10,13H,3,11-12,14H2,1-2H3. The SMILES string of the molecule is CCOCCOc1ccccc1C(=O)N(C)Cc1cccc(Cl)c1. The van der Waals surface area contributed by atoms with Crippen LogP contribution in [0, 0.1) is 0 Å². The molecule has 0 bridgehead atoms. The molecule has 1 amide bonds. The number of halogens is 1. The number of carbonyl (C=O) groups is 1. The van der Waals surface area contributed by atoms with E-state index < -0.39 is 0 Å². The molecule has 0 atom stereocenters. The van der Waals surface area contributed by atoms with Gasteiger partial charge in [0.15, 0.2) is 0 Å². The number of ether oxygens (including phenoxy) is 2. The van der Waals surface area contributed by atoms with Crippen molar-refractivity contribution in [3.8, 4) is 5.75 Å². The van der Waals surface area contributed by atoms with Crippen molar-refractivity contribution in [2.24, 2.45) is 0 Å². The zero-order chi connectivity index (χ0) is 17.4. The third kappa shape index (κ3) is 5.25. The molecule has 0 radical (unpaired) electrons. The maximum absolute atomic E-state index is 12.7. The number of hydrogen-bond donors (Lipinski definition) is 0. The molecule has 2 aromatic rings. The van der Waals surface area contributed by atoms with Crippen molar-refractivity contribution in [1.82, 2.24) is 4.90 Å². The van der Waals surface area contributed by atoms with Gasteiger partial charge in [0, 0.05) is 25.2 Å². The van der Waals surface area contributed by atoms with Gasteiger partial charge in [-0.2, -0.15) is 0 Å². The highest BCUT2D eigenvalue weighted by Gasteiger charge is 2.16. The molecule has 0 aliphatic rings. The molecular weight excluding hydrogens is 326 g/mol. The van der Waals surface area contributed by atoms with Crippen LogP contribution in [0.2, 0.25) is 5.02 Å². The van der Waals surface area contributed by atoms with Crippen LogP contribution in [-0.2, 0) is 11.3 Å². The lowest BCUT2D eigenvalue weighted by Gasteiger charge is -2.19. The van der Waals surface area contributed by atoms with Crippen LogP contribution >= 0.6 is 11.6 Å². The predicted molar refractivity (Wildman–Crippen MR) is 95.7 cm³/mol. The smallest absolute Gasteiger partial charge is 0.257 e. The normalized spacial score (nSPS) is 10.5. The Morgan fingerprint density at radius 3 is 2.67 bits per heavy atom. The van der Waals surface area contributed by atoms with Gasteiger partial charge in [-0.05, 0) is 36.8 Å². The molecule has 0 spiro atoms. The molecule has 0 saturated carbocycles. The summed E-state index contributed by atoms with van der Waals surface area (Å²) in [6, 6.07) is 14.7. The van der Waals surface area contributed by atoms with Crippen LogP contribution in [0.25, 0.3) is 0 Å². The van der Waals surface area contributed by atoms with Crippen LogP contribution < -0.4 is 4.74 Å². The van der Waals surface area contributed by atoms with Gasteiger partial charge in [-0.3, -0.25) is 4.79 Å². The first-order valence-electron chi connectivity index (χ1n) is 7.91. The van der Waals surface area contributed by atoms with Crippen LogP contribution in [0.4, 0.5) is 0 Å². The summed E-state index contributed by atoms with van der Waals surface area (Å²) in [5.74, 6) is 0.474. The van der Waals surface area contributed by atoms with Gasteiger partial charge in [0.2, 0.25) is 0 Å². The maximum atomic E-state index is 12.7. The van der Waals surface area contributed by atoms with E-state index in [1.807, 2.05) is 43.3 Å². The van der Waals surface area contributed by atoms with Crippen LogP contribution in [0.1, 0.15) is 22.8 Å². The van der Waals surface area contributed by atoms with Crippen molar-refractivity contribution in [3.63, 3.8) is 0 Å². The quantitative estimate of drug-likeness (QED) is 0.677. The number of amides is 1. The van der Waals surface area contributed by atoms with E-state index in [4.69, 9.17) is 21.1 Å². The summed E-state index contributed by atoms with van der Waals surface area (Å²) in [4.78, 5) is 14.4. The van der Waals surface area contributed by atoms with E-state index in [9.17, 15) is 4.79 Å². The van der Waals surface area contributed by atoms with Crippen molar-refractivity contribution in [2.45, 2.75) is 13.5 Å². The minimum absolute atomic E-state index is 0.0954. The van der Waals surface area contributed by atoms with Crippen LogP contribution in [0.15, 0.2) is 48.5 Å². The zero-order valence-corrected chi connectivity index (χ0v) is 14.8. The summed E-state index contributed by atoms with van der Waals surface area (Å²) in [6.07, 6.45) is 0. The minimum Gasteiger partial charge on any atom is -0.490 e. The van der Waals surface area contributed by atoms with E-state index in [2.05, 4.69) is 0 Å². The largest absolute Gasteiger partial charge is 0.490 e. The Labute approximate surface area is 147 Å². The van der Waals surface area contributed by atoms with E-state index in [-0.39, 0.29) is 5.91 Å². The highest BCUT2D eigenvalue weighted by Crippen LogP contribution is 2.21. The van der Waals surface area contributed by atoms with E-state index >= 15 is 0 Å². The lowest BCUT2D eigenvalue weighted by Crippen LogP contribution is -2.26. The summed E-state index contributed by atoms with van der Waals surface area (Å²) < 4.78 is 10.9. The van der Waals surface area contributed by atoms with E-state index in [0.717, 1.165) is 5.56 Å². The first kappa shape index (κ1) is 18.3. The zero-order valence-electron chi connectivity index (χ0n) is 14.0. The summed E-state index contributed by atoms with van der Waals surface area (Å²) in [6.45, 7) is 3.97. The Morgan fingerprint density at radius 2 is 1.92 bits per heavy atom. The van der Waals surface area contributed by atoms with Crippen molar-refractivity contribution in [3.05, 3.63) is 64.7 Å². The lowest BCUT2D eigenvalue weighted by molar-refractivity contribution is 0.0774. The average molecular weight is 348 g/mol. The van der Waals surface area contributed by atoms with Crippen molar-refractivity contribution in [1.29, 1.82) is 0 Å². The van der Waals surface area contributed by atoms with Gasteiger partial charge in [-0.25, -0.2) is 0 Å². The van der Waals surface area contributed by atoms with Gasteiger partial charge in [0.25, 0.3) is 5.91 Å². The molecule has 0 fully saturated rings. The fourth-order valence-corrected chi connectivity index (χ4v) is 2.52. The van der Waals surface area contributed by atoms with Gasteiger partial charge in [-0.1, -0.05) is 35.9 Å². The van der Waals surface area contributed by atoms with E-state index in [0.29, 0.717) is 42.7 Å². The Balaban J connectivity index is 2.05. The highest BCUT2D eigenvalue weighted by molar-refractivity contribution is 6.30. The monoisotopic (exact) mass is 347 g/mol. The third-order valence-electron chi connectivity index (χ3n) is 3.46. The topological polar surface area (TPSA) is 38.8 Å². The molecule has 0 saturated heterocycles. The molecule has 24 heavy (non-hydrogen) atoms. The average Bonchev–Trinajstić information content (AvgIpc) is 2.58. The first-order valence-corrected chi connectivity index (χ1v) is 8.29. The maximum Gasteiger partial charge on any atom is 0.257 e. The molecule has 128 valence electrons. The Kier molecular flexibility index (Phi) is 7.09. The Morgan fingerprint density at radius 1 is 1.12 bits per heavy atom. The van der Waals surface area contributed by atoms with Crippen molar-refractivity contribution >= 4 is 17.5 Å². The molecule has 2 rings (SSSR count). The molecular formula is C19H22ClNO3. The fourth-order valence-electron chi connectivity index (χ4n) is 2.31. The minimum atomic E-state index is -0.0954. The number of rotatable bonds is 8. The summed E-state index contributed by atoms with van der Waals surface area (Å²) in [5, 5.41) is 0.660. The van der Waals surface area contributed by atoms with Gasteiger partial charge in [0.05, 0.1) is 12.2 Å². The van der Waals surface area contributed by atoms with Crippen molar-refractivity contribution < 1.29 is 14.3 Å². The molecule has 0 aliphatic carbocycles. The lowest BCUT2D eigenvalue weighted by atomic mass is 10.1. The fraction of sp³-hybridized carbons (Fsp3) is 0.316. The van der Waals surface area contributed by atoms with Gasteiger partial charge < -0.3 is 14.4 Å². The molecule has 0 heterocycles. The highest BCUT2D eigenvalue weighted by atomic mass is 35.5. The molecule has 0 aliphatic heterocycles. The van der Waals surface area contributed by atoms with Crippen LogP contribution in [0.3, 0.4) is 0 Å². The summed E-state index contributed by atoms with van der Waals surface area (Å²) in [7, 11) is 1.76. The molecule has 4 nitrogen and oxygen atoms in total.